The Labute approximate surface area is 173 Å². The molecule has 2 heterocycles. The summed E-state index contributed by atoms with van der Waals surface area (Å²) in [6, 6.07) is 19.1. The van der Waals surface area contributed by atoms with Gasteiger partial charge in [0.05, 0.1) is 22.9 Å². The summed E-state index contributed by atoms with van der Waals surface area (Å²) in [5.74, 6) is 0.0511. The van der Waals surface area contributed by atoms with Crippen LogP contribution in [-0.2, 0) is 13.1 Å². The van der Waals surface area contributed by atoms with Gasteiger partial charge in [-0.1, -0.05) is 29.8 Å². The van der Waals surface area contributed by atoms with Crippen LogP contribution in [0.5, 0.6) is 5.88 Å². The summed E-state index contributed by atoms with van der Waals surface area (Å²) in [6.07, 6.45) is 1.82. The molecule has 2 N–H and O–H groups in total. The number of rotatable bonds is 5. The average Bonchev–Trinajstić information content (AvgIpc) is 3.05. The first kappa shape index (κ1) is 19.0. The lowest BCUT2D eigenvalue weighted by Crippen LogP contribution is -2.17. The van der Waals surface area contributed by atoms with Gasteiger partial charge >= 0.3 is 0 Å². The first-order valence-electron chi connectivity index (χ1n) is 9.16. The van der Waals surface area contributed by atoms with E-state index in [0.29, 0.717) is 16.8 Å². The highest BCUT2D eigenvalue weighted by atomic mass is 35.5. The topological polar surface area (TPSA) is 75.9 Å². The molecule has 4 aromatic rings. The second-order valence-corrected chi connectivity index (χ2v) is 7.51. The van der Waals surface area contributed by atoms with Gasteiger partial charge in [0.25, 0.3) is 0 Å². The lowest BCUT2D eigenvalue weighted by atomic mass is 10.1. The maximum Gasteiger partial charge on any atom is 0.199 e. The molecular formula is C23H19ClN4O. The summed E-state index contributed by atoms with van der Waals surface area (Å²) in [6.45, 7) is 1.55. The smallest absolute Gasteiger partial charge is 0.199 e. The van der Waals surface area contributed by atoms with Crippen molar-refractivity contribution in [1.82, 2.24) is 14.9 Å². The van der Waals surface area contributed by atoms with Crippen LogP contribution in [0, 0.1) is 11.3 Å². The number of halogens is 1. The molecule has 0 saturated carbocycles. The van der Waals surface area contributed by atoms with Gasteiger partial charge in [0.2, 0.25) is 0 Å². The molecule has 144 valence electrons. The lowest BCUT2D eigenvalue weighted by molar-refractivity contribution is 0.319. The molecule has 4 rings (SSSR count). The number of aromatic amines is 1. The van der Waals surface area contributed by atoms with Gasteiger partial charge in [-0.05, 0) is 54.6 Å². The number of benzene rings is 2. The molecule has 0 amide bonds. The van der Waals surface area contributed by atoms with Gasteiger partial charge in [-0.2, -0.15) is 5.26 Å². The summed E-state index contributed by atoms with van der Waals surface area (Å²) in [7, 11) is 2.05. The number of hydrogen-bond acceptors (Lipinski definition) is 4. The number of H-pyrrole nitrogens is 1. The normalized spacial score (nSPS) is 11.1. The number of fused-ring (bicyclic) bond motifs is 1. The van der Waals surface area contributed by atoms with E-state index in [1.807, 2.05) is 42.6 Å². The molecule has 6 heteroatoms. The minimum atomic E-state index is 0.0511. The Hall–Kier alpha value is -3.33. The Morgan fingerprint density at radius 1 is 1.07 bits per heavy atom. The summed E-state index contributed by atoms with van der Waals surface area (Å²) in [5, 5.41) is 21.0. The van der Waals surface area contributed by atoms with Crippen molar-refractivity contribution in [1.29, 1.82) is 5.26 Å². The van der Waals surface area contributed by atoms with Crippen LogP contribution in [0.2, 0.25) is 5.02 Å². The van der Waals surface area contributed by atoms with Crippen LogP contribution in [0.25, 0.3) is 22.2 Å². The molecule has 5 nitrogen and oxygen atoms in total. The molecule has 0 atom stereocenters. The number of nitrogens with zero attached hydrogens (tertiary/aromatic N) is 3. The van der Waals surface area contributed by atoms with Crippen molar-refractivity contribution in [2.24, 2.45) is 0 Å². The van der Waals surface area contributed by atoms with Crippen molar-refractivity contribution in [3.63, 3.8) is 0 Å². The predicted octanol–water partition coefficient (Wildman–Crippen LogP) is 5.09. The van der Waals surface area contributed by atoms with Gasteiger partial charge < -0.3 is 10.1 Å². The molecular weight excluding hydrogens is 384 g/mol. The third kappa shape index (κ3) is 4.09. The van der Waals surface area contributed by atoms with E-state index < -0.39 is 0 Å². The van der Waals surface area contributed by atoms with Crippen molar-refractivity contribution in [3.8, 4) is 23.2 Å². The average molecular weight is 403 g/mol. The number of aromatic hydroxyl groups is 1. The zero-order chi connectivity index (χ0) is 20.4. The molecule has 0 spiro atoms. The van der Waals surface area contributed by atoms with Crippen molar-refractivity contribution < 1.29 is 5.11 Å². The maximum absolute atomic E-state index is 10.4. The van der Waals surface area contributed by atoms with Crippen LogP contribution in [0.3, 0.4) is 0 Å². The van der Waals surface area contributed by atoms with Crippen molar-refractivity contribution in [2.75, 3.05) is 7.05 Å². The van der Waals surface area contributed by atoms with Crippen LogP contribution >= 0.6 is 11.6 Å². The van der Waals surface area contributed by atoms with E-state index in [-0.39, 0.29) is 5.88 Å². The van der Waals surface area contributed by atoms with Crippen molar-refractivity contribution in [3.05, 3.63) is 82.5 Å². The summed E-state index contributed by atoms with van der Waals surface area (Å²) < 4.78 is 0. The molecule has 0 unspecified atom stereocenters. The fourth-order valence-corrected chi connectivity index (χ4v) is 3.57. The lowest BCUT2D eigenvalue weighted by Gasteiger charge is -2.17. The van der Waals surface area contributed by atoms with Gasteiger partial charge in [-0.25, -0.2) is 0 Å². The van der Waals surface area contributed by atoms with Crippen LogP contribution in [0.1, 0.15) is 16.7 Å². The summed E-state index contributed by atoms with van der Waals surface area (Å²) >= 11 is 5.94. The Kier molecular flexibility index (Phi) is 5.22. The molecule has 2 aromatic heterocycles. The van der Waals surface area contributed by atoms with E-state index in [2.05, 4.69) is 28.0 Å². The maximum atomic E-state index is 10.4. The first-order valence-corrected chi connectivity index (χ1v) is 9.54. The zero-order valence-electron chi connectivity index (χ0n) is 15.9. The first-order chi connectivity index (χ1) is 14.0. The van der Waals surface area contributed by atoms with E-state index >= 15 is 0 Å². The number of aromatic nitrogens is 2. The van der Waals surface area contributed by atoms with Gasteiger partial charge in [0.15, 0.2) is 5.88 Å². The van der Waals surface area contributed by atoms with Gasteiger partial charge in [-0.15, -0.1) is 0 Å². The van der Waals surface area contributed by atoms with E-state index in [9.17, 15) is 5.11 Å². The monoisotopic (exact) mass is 402 g/mol. The molecule has 0 saturated heterocycles. The van der Waals surface area contributed by atoms with E-state index in [0.717, 1.165) is 34.6 Å². The second-order valence-electron chi connectivity index (χ2n) is 7.07. The van der Waals surface area contributed by atoms with Crippen molar-refractivity contribution in [2.45, 2.75) is 13.1 Å². The Balaban J connectivity index is 1.54. The molecule has 0 bridgehead atoms. The molecule has 0 aliphatic heterocycles. The molecule has 29 heavy (non-hydrogen) atoms. The standard InChI is InChI=1S/C23H19ClN4O/c1-28(13-15-2-6-18(24)7-3-15)14-17-5-9-21(26-12-17)22-19-10-16(11-25)4-8-20(19)27-23(22)29/h2-10,12,27,29H,13-14H2,1H3. The number of nitrogens with one attached hydrogen (secondary N) is 1. The largest absolute Gasteiger partial charge is 0.494 e. The molecule has 0 aliphatic rings. The third-order valence-electron chi connectivity index (χ3n) is 4.81. The van der Waals surface area contributed by atoms with Crippen molar-refractivity contribution >= 4 is 22.5 Å². The molecule has 0 radical (unpaired) electrons. The number of nitriles is 1. The fraction of sp³-hybridized carbons (Fsp3) is 0.130. The molecule has 0 fully saturated rings. The predicted molar refractivity (Wildman–Crippen MR) is 115 cm³/mol. The van der Waals surface area contributed by atoms with E-state index in [4.69, 9.17) is 16.9 Å². The SMILES string of the molecule is CN(Cc1ccc(Cl)cc1)Cc1ccc(-c2c(O)[nH]c3ccc(C#N)cc23)nc1. The third-order valence-corrected chi connectivity index (χ3v) is 5.06. The van der Waals surface area contributed by atoms with E-state index in [1.54, 1.807) is 18.2 Å². The van der Waals surface area contributed by atoms with Gasteiger partial charge in [0, 0.05) is 35.2 Å². The Morgan fingerprint density at radius 2 is 1.79 bits per heavy atom. The second kappa shape index (κ2) is 7.96. The van der Waals surface area contributed by atoms with Crippen LogP contribution in [0.4, 0.5) is 0 Å². The van der Waals surface area contributed by atoms with Gasteiger partial charge in [-0.3, -0.25) is 9.88 Å². The number of hydrogen-bond donors (Lipinski definition) is 2. The highest BCUT2D eigenvalue weighted by Gasteiger charge is 2.15. The molecule has 0 aliphatic carbocycles. The highest BCUT2D eigenvalue weighted by molar-refractivity contribution is 6.30. The summed E-state index contributed by atoms with van der Waals surface area (Å²) in [5.41, 5.74) is 4.84. The fourth-order valence-electron chi connectivity index (χ4n) is 3.44. The number of pyridine rings is 1. The van der Waals surface area contributed by atoms with Crippen LogP contribution < -0.4 is 0 Å². The van der Waals surface area contributed by atoms with E-state index in [1.165, 1.54) is 5.56 Å². The van der Waals surface area contributed by atoms with Gasteiger partial charge in [0.1, 0.15) is 0 Å². The minimum absolute atomic E-state index is 0.0511. The minimum Gasteiger partial charge on any atom is -0.494 e. The summed E-state index contributed by atoms with van der Waals surface area (Å²) in [4.78, 5) is 9.69. The Bertz CT molecular complexity index is 1190. The van der Waals surface area contributed by atoms with Crippen LogP contribution in [0.15, 0.2) is 60.8 Å². The Morgan fingerprint density at radius 3 is 2.48 bits per heavy atom. The quantitative estimate of drug-likeness (QED) is 0.487. The van der Waals surface area contributed by atoms with Crippen LogP contribution in [-0.4, -0.2) is 27.0 Å². The highest BCUT2D eigenvalue weighted by Crippen LogP contribution is 2.36. The zero-order valence-corrected chi connectivity index (χ0v) is 16.6. The molecule has 2 aromatic carbocycles.